The molecule has 6 heteroatoms. The van der Waals surface area contributed by atoms with Gasteiger partial charge in [-0.1, -0.05) is 0 Å². The van der Waals surface area contributed by atoms with E-state index in [-0.39, 0.29) is 5.52 Å². The number of halogens is 2. The zero-order chi connectivity index (χ0) is 11.0. The average Bonchev–Trinajstić information content (AvgIpc) is 2.55. The Morgan fingerprint density at radius 3 is 2.87 bits per heavy atom. The Labute approximate surface area is 82.8 Å². The largest absolute Gasteiger partial charge is 0.478 e. The van der Waals surface area contributed by atoms with Crippen LogP contribution in [0.25, 0.3) is 11.0 Å². The first-order valence-electron chi connectivity index (χ1n) is 4.16. The summed E-state index contributed by atoms with van der Waals surface area (Å²) in [6.45, 7) is -0.416. The van der Waals surface area contributed by atoms with Crippen molar-refractivity contribution < 1.29 is 23.2 Å². The minimum absolute atomic E-state index is 0.0719. The molecule has 78 valence electrons. The first kappa shape index (κ1) is 9.57. The molecule has 4 nitrogen and oxygen atoms in total. The van der Waals surface area contributed by atoms with Gasteiger partial charge in [-0.15, -0.1) is 0 Å². The maximum Gasteiger partial charge on any atom is 0.346 e. The molecule has 1 aromatic carbocycles. The van der Waals surface area contributed by atoms with E-state index in [1.165, 1.54) is 12.4 Å². The van der Waals surface area contributed by atoms with Crippen molar-refractivity contribution in [1.29, 1.82) is 0 Å². The molecule has 0 amide bonds. The first-order valence-corrected chi connectivity index (χ1v) is 4.16. The molecule has 2 N–H and O–H groups in total. The zero-order valence-corrected chi connectivity index (χ0v) is 7.50. The van der Waals surface area contributed by atoms with Crippen LogP contribution in [0.2, 0.25) is 0 Å². The Hall–Kier alpha value is -1.98. The number of carboxylic acids is 1. The molecule has 0 spiro atoms. The van der Waals surface area contributed by atoms with Gasteiger partial charge in [-0.2, -0.15) is 4.39 Å². The second kappa shape index (κ2) is 3.30. The Morgan fingerprint density at radius 2 is 2.20 bits per heavy atom. The summed E-state index contributed by atoms with van der Waals surface area (Å²) in [6, 6.07) is 2.34. The SMILES string of the molecule is O=C(O)C[n+]1c[nH]c2ccc(F)c(F)c21. The zero-order valence-electron chi connectivity index (χ0n) is 7.50. The molecule has 0 unspecified atom stereocenters. The quantitative estimate of drug-likeness (QED) is 0.725. The van der Waals surface area contributed by atoms with Gasteiger partial charge in [0.15, 0.2) is 17.9 Å². The summed E-state index contributed by atoms with van der Waals surface area (Å²) < 4.78 is 27.3. The van der Waals surface area contributed by atoms with Crippen LogP contribution in [0.15, 0.2) is 18.5 Å². The number of nitrogens with one attached hydrogen (secondary N) is 1. The summed E-state index contributed by atoms with van der Waals surface area (Å²) in [7, 11) is 0. The van der Waals surface area contributed by atoms with E-state index < -0.39 is 24.1 Å². The van der Waals surface area contributed by atoms with Crippen LogP contribution in [0, 0.1) is 11.6 Å². The molecule has 0 fully saturated rings. The Morgan fingerprint density at radius 1 is 1.47 bits per heavy atom. The molecule has 0 saturated heterocycles. The maximum atomic E-state index is 13.3. The van der Waals surface area contributed by atoms with E-state index in [2.05, 4.69) is 4.98 Å². The second-order valence-electron chi connectivity index (χ2n) is 3.05. The van der Waals surface area contributed by atoms with Crippen molar-refractivity contribution >= 4 is 17.0 Å². The van der Waals surface area contributed by atoms with Crippen LogP contribution >= 0.6 is 0 Å². The fourth-order valence-corrected chi connectivity index (χ4v) is 1.42. The van der Waals surface area contributed by atoms with Gasteiger partial charge < -0.3 is 5.11 Å². The molecule has 0 aliphatic carbocycles. The molecule has 0 bridgehead atoms. The molecule has 2 rings (SSSR count). The van der Waals surface area contributed by atoms with E-state index in [0.29, 0.717) is 5.52 Å². The number of rotatable bonds is 2. The van der Waals surface area contributed by atoms with E-state index in [0.717, 1.165) is 10.6 Å². The highest BCUT2D eigenvalue weighted by Crippen LogP contribution is 2.15. The second-order valence-corrected chi connectivity index (χ2v) is 3.05. The Bertz CT molecular complexity index is 536. The van der Waals surface area contributed by atoms with Gasteiger partial charge in [-0.05, 0) is 12.1 Å². The summed E-state index contributed by atoms with van der Waals surface area (Å²) in [5.74, 6) is -3.17. The van der Waals surface area contributed by atoms with Crippen molar-refractivity contribution in [1.82, 2.24) is 4.98 Å². The lowest BCUT2D eigenvalue weighted by molar-refractivity contribution is -0.660. The number of carboxylic acid groups (broad SMARTS) is 1. The van der Waals surface area contributed by atoms with E-state index in [1.54, 1.807) is 0 Å². The van der Waals surface area contributed by atoms with Crippen molar-refractivity contribution in [2.45, 2.75) is 6.54 Å². The Balaban J connectivity index is 2.66. The number of aromatic amines is 1. The number of imidazole rings is 1. The molecule has 1 heterocycles. The standard InChI is InChI=1S/C9H6F2N2O2/c10-5-1-2-6-9(8(5)11)13(4-12-6)3-7(14)15/h1-2,4H,3H2,(H,14,15)/p+1. The van der Waals surface area contributed by atoms with Crippen molar-refractivity contribution in [2.24, 2.45) is 0 Å². The van der Waals surface area contributed by atoms with E-state index in [9.17, 15) is 13.6 Å². The van der Waals surface area contributed by atoms with Crippen LogP contribution in [-0.4, -0.2) is 16.1 Å². The summed E-state index contributed by atoms with van der Waals surface area (Å²) in [4.78, 5) is 13.1. The van der Waals surface area contributed by atoms with Crippen molar-refractivity contribution in [3.05, 3.63) is 30.1 Å². The van der Waals surface area contributed by atoms with Gasteiger partial charge >= 0.3 is 5.97 Å². The predicted molar refractivity (Wildman–Crippen MR) is 46.0 cm³/mol. The molecule has 0 aliphatic heterocycles. The van der Waals surface area contributed by atoms with Gasteiger partial charge in [0.05, 0.1) is 0 Å². The van der Waals surface area contributed by atoms with Gasteiger partial charge in [0, 0.05) is 0 Å². The molecule has 0 aliphatic rings. The Kier molecular flexibility index (Phi) is 2.11. The van der Waals surface area contributed by atoms with Gasteiger partial charge in [0.1, 0.15) is 0 Å². The highest BCUT2D eigenvalue weighted by atomic mass is 19.2. The highest BCUT2D eigenvalue weighted by molar-refractivity contribution is 5.72. The lowest BCUT2D eigenvalue weighted by Crippen LogP contribution is -2.37. The number of aromatic nitrogens is 2. The third-order valence-corrected chi connectivity index (χ3v) is 2.04. The smallest absolute Gasteiger partial charge is 0.346 e. The number of nitrogens with zero attached hydrogens (tertiary/aromatic N) is 1. The summed E-state index contributed by atoms with van der Waals surface area (Å²) in [6.07, 6.45) is 1.29. The van der Waals surface area contributed by atoms with Crippen LogP contribution in [0.4, 0.5) is 8.78 Å². The van der Waals surface area contributed by atoms with Crippen LogP contribution in [0.3, 0.4) is 0 Å². The maximum absolute atomic E-state index is 13.3. The normalized spacial score (nSPS) is 10.8. The van der Waals surface area contributed by atoms with Crippen LogP contribution in [0.5, 0.6) is 0 Å². The molecule has 1 aromatic heterocycles. The molecule has 0 atom stereocenters. The topological polar surface area (TPSA) is 57.0 Å². The summed E-state index contributed by atoms with van der Waals surface area (Å²) in [5, 5.41) is 8.55. The van der Waals surface area contributed by atoms with Gasteiger partial charge in [-0.25, -0.2) is 18.7 Å². The predicted octanol–water partition coefficient (Wildman–Crippen LogP) is 0.818. The molecular weight excluding hydrogens is 206 g/mol. The highest BCUT2D eigenvalue weighted by Gasteiger charge is 2.19. The molecule has 0 saturated carbocycles. The number of carbonyl (C=O) groups is 1. The third-order valence-electron chi connectivity index (χ3n) is 2.04. The average molecular weight is 213 g/mol. The van der Waals surface area contributed by atoms with Gasteiger partial charge in [0.2, 0.25) is 17.7 Å². The minimum atomic E-state index is -1.12. The number of benzene rings is 1. The lowest BCUT2D eigenvalue weighted by atomic mass is 10.3. The fourth-order valence-electron chi connectivity index (χ4n) is 1.42. The monoisotopic (exact) mass is 213 g/mol. The molecule has 2 aromatic rings. The van der Waals surface area contributed by atoms with E-state index in [4.69, 9.17) is 5.11 Å². The summed E-state index contributed by atoms with van der Waals surface area (Å²) >= 11 is 0. The van der Waals surface area contributed by atoms with Crippen molar-refractivity contribution in [3.8, 4) is 0 Å². The lowest BCUT2D eigenvalue weighted by Gasteiger charge is -1.94. The fraction of sp³-hybridized carbons (Fsp3) is 0.111. The van der Waals surface area contributed by atoms with Crippen LogP contribution in [0.1, 0.15) is 0 Å². The van der Waals surface area contributed by atoms with Gasteiger partial charge in [-0.3, -0.25) is 0 Å². The molecule has 0 radical (unpaired) electrons. The molecule has 15 heavy (non-hydrogen) atoms. The number of aliphatic carboxylic acids is 1. The minimum Gasteiger partial charge on any atom is -0.478 e. The number of fused-ring (bicyclic) bond motifs is 1. The molecular formula is C9H7F2N2O2+. The summed E-state index contributed by atoms with van der Waals surface area (Å²) in [5.41, 5.74) is 0.285. The van der Waals surface area contributed by atoms with E-state index >= 15 is 0 Å². The van der Waals surface area contributed by atoms with Crippen LogP contribution in [-0.2, 0) is 11.3 Å². The number of H-pyrrole nitrogens is 1. The van der Waals surface area contributed by atoms with E-state index in [1.807, 2.05) is 0 Å². The van der Waals surface area contributed by atoms with Gasteiger partial charge in [0.25, 0.3) is 0 Å². The number of hydrogen-bond acceptors (Lipinski definition) is 1. The van der Waals surface area contributed by atoms with Crippen LogP contribution < -0.4 is 4.57 Å². The first-order chi connectivity index (χ1) is 7.09. The van der Waals surface area contributed by atoms with Crippen molar-refractivity contribution in [2.75, 3.05) is 0 Å². The van der Waals surface area contributed by atoms with Crippen molar-refractivity contribution in [3.63, 3.8) is 0 Å². The third kappa shape index (κ3) is 1.54. The number of hydrogen-bond donors (Lipinski definition) is 2.